The zero-order chi connectivity index (χ0) is 29.1. The van der Waals surface area contributed by atoms with Gasteiger partial charge in [0.15, 0.2) is 0 Å². The van der Waals surface area contributed by atoms with Crippen molar-refractivity contribution in [3.8, 4) is 17.2 Å². The normalized spacial score (nSPS) is 10.8. The second kappa shape index (κ2) is 14.1. The molecule has 0 atom stereocenters. The van der Waals surface area contributed by atoms with Crippen LogP contribution in [0.2, 0.25) is 0 Å². The quantitative estimate of drug-likeness (QED) is 0.139. The third kappa shape index (κ3) is 7.72. The number of hydrogen-bond acceptors (Lipinski definition) is 3. The summed E-state index contributed by atoms with van der Waals surface area (Å²) in [5.74, 6) is 3.63. The highest BCUT2D eigenvalue weighted by molar-refractivity contribution is 5.59. The molecule has 0 saturated heterocycles. The number of benzene rings is 6. The fourth-order valence-corrected chi connectivity index (χ4v) is 4.88. The van der Waals surface area contributed by atoms with Crippen molar-refractivity contribution >= 4 is 0 Å². The lowest BCUT2D eigenvalue weighted by molar-refractivity contribution is 0.306. The number of rotatable bonds is 12. The average molecular weight is 562 g/mol. The summed E-state index contributed by atoms with van der Waals surface area (Å²) in [5.41, 5.74) is 6.72. The lowest BCUT2D eigenvalue weighted by Crippen LogP contribution is -2.05. The van der Waals surface area contributed by atoms with Crippen LogP contribution in [0.1, 0.15) is 33.4 Å². The largest absolute Gasteiger partial charge is 0.489 e. The summed E-state index contributed by atoms with van der Waals surface area (Å²) in [4.78, 5) is 0. The second-order valence-electron chi connectivity index (χ2n) is 10.3. The predicted octanol–water partition coefficient (Wildman–Crippen LogP) is 9.44. The van der Waals surface area contributed by atoms with E-state index in [4.69, 9.17) is 14.2 Å². The molecule has 6 aromatic rings. The van der Waals surface area contributed by atoms with Gasteiger partial charge in [-0.15, -0.1) is 0 Å². The molecular weight excluding hydrogens is 528 g/mol. The van der Waals surface area contributed by atoms with E-state index in [1.54, 1.807) is 0 Å². The van der Waals surface area contributed by atoms with Crippen molar-refractivity contribution in [3.05, 3.63) is 203 Å². The first-order chi connectivity index (χ1) is 21.3. The van der Waals surface area contributed by atoms with E-state index in [-0.39, 0.29) is 0 Å². The minimum absolute atomic E-state index is 0.533. The molecule has 0 fully saturated rings. The van der Waals surface area contributed by atoms with Crippen molar-refractivity contribution in [1.29, 1.82) is 0 Å². The fraction of sp³-hybridized carbons (Fsp3) is 0.0750. The molecule has 3 heteroatoms. The van der Waals surface area contributed by atoms with E-state index in [2.05, 4.69) is 72.8 Å². The first-order valence-electron chi connectivity index (χ1n) is 14.5. The molecule has 43 heavy (non-hydrogen) atoms. The zero-order valence-electron chi connectivity index (χ0n) is 23.9. The van der Waals surface area contributed by atoms with Crippen LogP contribution in [-0.2, 0) is 19.8 Å². The van der Waals surface area contributed by atoms with Crippen molar-refractivity contribution in [1.82, 2.24) is 0 Å². The van der Waals surface area contributed by atoms with Gasteiger partial charge in [-0.1, -0.05) is 127 Å². The van der Waals surface area contributed by atoms with E-state index < -0.39 is 0 Å². The van der Waals surface area contributed by atoms with E-state index in [0.717, 1.165) is 56.5 Å². The molecule has 211 valence electrons. The van der Waals surface area contributed by atoms with Gasteiger partial charge in [-0.3, -0.25) is 0 Å². The lowest BCUT2D eigenvalue weighted by atomic mass is 9.85. The Bertz CT molecular complexity index is 1460. The first-order valence-corrected chi connectivity index (χ1v) is 14.5. The van der Waals surface area contributed by atoms with Gasteiger partial charge in [-0.25, -0.2) is 0 Å². The van der Waals surface area contributed by atoms with Gasteiger partial charge in [-0.05, 0) is 69.8 Å². The summed E-state index contributed by atoms with van der Waals surface area (Å²) < 4.78 is 18.2. The molecule has 3 nitrogen and oxygen atoms in total. The van der Waals surface area contributed by atoms with E-state index >= 15 is 0 Å². The summed E-state index contributed by atoms with van der Waals surface area (Å²) in [7, 11) is 0. The number of hydrogen-bond donors (Lipinski definition) is 0. The molecule has 0 aromatic heterocycles. The maximum atomic E-state index is 6.05. The van der Waals surface area contributed by atoms with Crippen LogP contribution in [-0.4, -0.2) is 0 Å². The Morgan fingerprint density at radius 2 is 0.558 bits per heavy atom. The Morgan fingerprint density at radius 1 is 0.302 bits per heavy atom. The summed E-state index contributed by atoms with van der Waals surface area (Å²) >= 11 is 0. The van der Waals surface area contributed by atoms with Gasteiger partial charge in [0.05, 0.1) is 5.92 Å². The molecule has 0 unspecified atom stereocenters. The van der Waals surface area contributed by atoms with Crippen molar-refractivity contribution in [2.45, 2.75) is 19.8 Å². The van der Waals surface area contributed by atoms with Gasteiger partial charge in [0.2, 0.25) is 0 Å². The molecule has 0 bridgehead atoms. The Hall–Kier alpha value is -5.28. The van der Waals surface area contributed by atoms with Crippen LogP contribution in [0.5, 0.6) is 17.2 Å². The molecule has 0 aliphatic carbocycles. The van der Waals surface area contributed by atoms with Crippen LogP contribution in [0.3, 0.4) is 0 Å². The maximum Gasteiger partial charge on any atom is 0.119 e. The summed E-state index contributed by atoms with van der Waals surface area (Å²) in [6.07, 6.45) is 0. The minimum Gasteiger partial charge on any atom is -0.489 e. The first kappa shape index (κ1) is 27.9. The van der Waals surface area contributed by atoms with Crippen LogP contribution in [0.15, 0.2) is 164 Å². The van der Waals surface area contributed by atoms with Gasteiger partial charge in [0, 0.05) is 0 Å². The van der Waals surface area contributed by atoms with E-state index in [1.807, 2.05) is 91.0 Å². The molecule has 6 aromatic carbocycles. The molecule has 0 saturated carbocycles. The molecule has 0 aliphatic heterocycles. The SMILES string of the molecule is c1ccc(COc2ccc([C](c3ccc(OCc4ccccc4)cc3)c3ccc(OCc4ccccc4)cc3)cc2)cc1. The highest BCUT2D eigenvalue weighted by Gasteiger charge is 2.19. The Balaban J connectivity index is 1.21. The summed E-state index contributed by atoms with van der Waals surface area (Å²) in [5, 5.41) is 0. The van der Waals surface area contributed by atoms with Gasteiger partial charge in [0.1, 0.15) is 37.1 Å². The van der Waals surface area contributed by atoms with Crippen LogP contribution in [0, 0.1) is 5.92 Å². The number of ether oxygens (including phenoxy) is 3. The minimum atomic E-state index is 0.533. The third-order valence-electron chi connectivity index (χ3n) is 7.17. The van der Waals surface area contributed by atoms with E-state index in [9.17, 15) is 0 Å². The van der Waals surface area contributed by atoms with Crippen molar-refractivity contribution < 1.29 is 14.2 Å². The maximum absolute atomic E-state index is 6.05. The Morgan fingerprint density at radius 3 is 0.814 bits per heavy atom. The lowest BCUT2D eigenvalue weighted by Gasteiger charge is -2.19. The van der Waals surface area contributed by atoms with Crippen molar-refractivity contribution in [2.24, 2.45) is 0 Å². The van der Waals surface area contributed by atoms with Crippen molar-refractivity contribution in [2.75, 3.05) is 0 Å². The van der Waals surface area contributed by atoms with E-state index in [1.165, 1.54) is 0 Å². The molecule has 6 rings (SSSR count). The van der Waals surface area contributed by atoms with Gasteiger partial charge in [-0.2, -0.15) is 0 Å². The smallest absolute Gasteiger partial charge is 0.119 e. The monoisotopic (exact) mass is 561 g/mol. The predicted molar refractivity (Wildman–Crippen MR) is 172 cm³/mol. The fourth-order valence-electron chi connectivity index (χ4n) is 4.88. The van der Waals surface area contributed by atoms with Gasteiger partial charge in [0.25, 0.3) is 0 Å². The highest BCUT2D eigenvalue weighted by atomic mass is 16.5. The highest BCUT2D eigenvalue weighted by Crippen LogP contribution is 2.34. The molecule has 0 aliphatic rings. The van der Waals surface area contributed by atoms with Crippen LogP contribution in [0.25, 0.3) is 0 Å². The van der Waals surface area contributed by atoms with Crippen LogP contribution in [0.4, 0.5) is 0 Å². The van der Waals surface area contributed by atoms with Gasteiger partial charge >= 0.3 is 0 Å². The molecule has 0 spiro atoms. The van der Waals surface area contributed by atoms with Crippen LogP contribution < -0.4 is 14.2 Å². The van der Waals surface area contributed by atoms with Gasteiger partial charge < -0.3 is 14.2 Å². The topological polar surface area (TPSA) is 27.7 Å². The average Bonchev–Trinajstić information content (AvgIpc) is 3.09. The summed E-state index contributed by atoms with van der Waals surface area (Å²) in [6.45, 7) is 1.60. The second-order valence-corrected chi connectivity index (χ2v) is 10.3. The summed E-state index contributed by atoms with van der Waals surface area (Å²) in [6, 6.07) is 55.6. The van der Waals surface area contributed by atoms with Crippen molar-refractivity contribution in [3.63, 3.8) is 0 Å². The Kier molecular flexibility index (Phi) is 9.11. The molecule has 0 N–H and O–H groups in total. The molecular formula is C40H33O3. The molecule has 1 radical (unpaired) electrons. The third-order valence-corrected chi connectivity index (χ3v) is 7.17. The molecule has 0 amide bonds. The van der Waals surface area contributed by atoms with Crippen LogP contribution >= 0.6 is 0 Å². The zero-order valence-corrected chi connectivity index (χ0v) is 23.9. The standard InChI is InChI=1S/C40H33O3/c1-4-10-31(11-5-1)28-41-37-22-16-34(17-23-37)40(35-18-24-38(25-19-35)42-29-32-12-6-2-7-13-32)36-20-26-39(27-21-36)43-30-33-14-8-3-9-15-33/h1-27H,28-30H2. The van der Waals surface area contributed by atoms with E-state index in [0.29, 0.717) is 19.8 Å². The Labute approximate surface area is 254 Å². The molecule has 0 heterocycles.